The summed E-state index contributed by atoms with van der Waals surface area (Å²) in [7, 11) is 1.95. The Morgan fingerprint density at radius 1 is 1.07 bits per heavy atom. The minimum Gasteiger partial charge on any atom is -0.352 e. The van der Waals surface area contributed by atoms with E-state index in [1.807, 2.05) is 41.8 Å². The van der Waals surface area contributed by atoms with Crippen LogP contribution in [0.15, 0.2) is 30.6 Å². The van der Waals surface area contributed by atoms with E-state index >= 15 is 0 Å². The summed E-state index contributed by atoms with van der Waals surface area (Å²) in [6.07, 6.45) is 2.90. The summed E-state index contributed by atoms with van der Waals surface area (Å²) in [5.74, 6) is 1.18. The third kappa shape index (κ3) is 3.44. The molecule has 0 spiro atoms. The van der Waals surface area contributed by atoms with Crippen LogP contribution in [0, 0.1) is 13.8 Å². The topological polar surface area (TPSA) is 67.2 Å². The molecule has 28 heavy (non-hydrogen) atoms. The molecule has 0 saturated carbocycles. The van der Waals surface area contributed by atoms with Gasteiger partial charge in [0.1, 0.15) is 12.1 Å². The summed E-state index contributed by atoms with van der Waals surface area (Å²) in [4.78, 5) is 25.8. The fourth-order valence-electron chi connectivity index (χ4n) is 3.98. The molecule has 0 N–H and O–H groups in total. The van der Waals surface area contributed by atoms with Crippen molar-refractivity contribution >= 4 is 22.6 Å². The van der Waals surface area contributed by atoms with E-state index in [4.69, 9.17) is 0 Å². The van der Waals surface area contributed by atoms with E-state index in [1.165, 1.54) is 5.56 Å². The van der Waals surface area contributed by atoms with Crippen molar-refractivity contribution < 1.29 is 4.79 Å². The zero-order valence-electron chi connectivity index (χ0n) is 16.7. The van der Waals surface area contributed by atoms with E-state index < -0.39 is 0 Å². The Labute approximate surface area is 165 Å². The van der Waals surface area contributed by atoms with E-state index in [0.717, 1.165) is 60.7 Å². The van der Waals surface area contributed by atoms with Crippen LogP contribution in [0.1, 0.15) is 23.4 Å². The Morgan fingerprint density at radius 3 is 2.54 bits per heavy atom. The molecule has 1 aliphatic rings. The van der Waals surface area contributed by atoms with Crippen molar-refractivity contribution in [3.8, 4) is 0 Å². The quantitative estimate of drug-likeness (QED) is 0.697. The lowest BCUT2D eigenvalue weighted by atomic mass is 10.1. The number of para-hydroxylation sites is 1. The van der Waals surface area contributed by atoms with Crippen molar-refractivity contribution in [2.75, 3.05) is 31.1 Å². The van der Waals surface area contributed by atoms with Crippen LogP contribution in [0.4, 0.5) is 5.82 Å². The summed E-state index contributed by atoms with van der Waals surface area (Å²) < 4.78 is 1.89. The van der Waals surface area contributed by atoms with Crippen LogP contribution >= 0.6 is 0 Å². The predicted molar refractivity (Wildman–Crippen MR) is 109 cm³/mol. The monoisotopic (exact) mass is 378 g/mol. The van der Waals surface area contributed by atoms with Gasteiger partial charge in [0.05, 0.1) is 11.2 Å². The lowest BCUT2D eigenvalue weighted by Crippen LogP contribution is -2.49. The Morgan fingerprint density at radius 2 is 1.82 bits per heavy atom. The normalized spacial score (nSPS) is 14.7. The highest BCUT2D eigenvalue weighted by atomic mass is 16.2. The highest BCUT2D eigenvalue weighted by Crippen LogP contribution is 2.24. The first-order chi connectivity index (χ1) is 13.5. The van der Waals surface area contributed by atoms with Gasteiger partial charge in [-0.05, 0) is 38.0 Å². The number of anilines is 1. The molecule has 3 heterocycles. The summed E-state index contributed by atoms with van der Waals surface area (Å²) in [5.41, 5.74) is 4.31. The Balaban J connectivity index is 1.38. The van der Waals surface area contributed by atoms with Crippen LogP contribution in [0.5, 0.6) is 0 Å². The number of carbonyl (C=O) groups is 1. The number of aromatic nitrogens is 4. The van der Waals surface area contributed by atoms with Gasteiger partial charge < -0.3 is 9.80 Å². The second-order valence-electron chi connectivity index (χ2n) is 7.36. The van der Waals surface area contributed by atoms with Gasteiger partial charge in [0.2, 0.25) is 5.91 Å². The molecule has 3 aromatic rings. The molecule has 1 amide bonds. The number of benzene rings is 1. The number of nitrogens with zero attached hydrogens (tertiary/aromatic N) is 6. The highest BCUT2D eigenvalue weighted by molar-refractivity contribution is 5.89. The van der Waals surface area contributed by atoms with Crippen molar-refractivity contribution in [2.45, 2.75) is 26.7 Å². The number of hydrogen-bond acceptors (Lipinski definition) is 5. The molecule has 0 atom stereocenters. The molecule has 0 aliphatic carbocycles. The highest BCUT2D eigenvalue weighted by Gasteiger charge is 2.23. The average Bonchev–Trinajstić information content (AvgIpc) is 2.97. The molecule has 1 saturated heterocycles. The fraction of sp³-hybridized carbons (Fsp3) is 0.429. The zero-order chi connectivity index (χ0) is 19.7. The van der Waals surface area contributed by atoms with Crippen LogP contribution in [-0.4, -0.2) is 56.7 Å². The number of hydrogen-bond donors (Lipinski definition) is 0. The summed E-state index contributed by atoms with van der Waals surface area (Å²) >= 11 is 0. The zero-order valence-corrected chi connectivity index (χ0v) is 16.7. The van der Waals surface area contributed by atoms with Crippen LogP contribution in [-0.2, 0) is 18.3 Å². The van der Waals surface area contributed by atoms with Crippen molar-refractivity contribution in [1.29, 1.82) is 0 Å². The van der Waals surface area contributed by atoms with Gasteiger partial charge in [0.25, 0.3) is 0 Å². The second kappa shape index (κ2) is 7.58. The maximum absolute atomic E-state index is 12.7. The molecule has 7 nitrogen and oxygen atoms in total. The summed E-state index contributed by atoms with van der Waals surface area (Å²) in [6, 6.07) is 8.06. The van der Waals surface area contributed by atoms with Gasteiger partial charge >= 0.3 is 0 Å². The number of amides is 1. The third-order valence-corrected chi connectivity index (χ3v) is 5.70. The molecule has 0 bridgehead atoms. The van der Waals surface area contributed by atoms with Gasteiger partial charge in [0.15, 0.2) is 0 Å². The number of rotatable bonds is 4. The summed E-state index contributed by atoms with van der Waals surface area (Å²) in [5, 5.41) is 5.50. The lowest BCUT2D eigenvalue weighted by molar-refractivity contribution is -0.131. The molecule has 146 valence electrons. The predicted octanol–water partition coefficient (Wildman–Crippen LogP) is 2.26. The molecule has 4 rings (SSSR count). The first-order valence-corrected chi connectivity index (χ1v) is 9.76. The second-order valence-corrected chi connectivity index (χ2v) is 7.36. The van der Waals surface area contributed by atoms with Crippen molar-refractivity contribution in [1.82, 2.24) is 24.6 Å². The van der Waals surface area contributed by atoms with E-state index in [-0.39, 0.29) is 5.91 Å². The SMILES string of the molecule is Cc1nn(C)c(C)c1CCC(=O)N1CCN(c2ncnc3ccccc23)CC1. The maximum atomic E-state index is 12.7. The van der Waals surface area contributed by atoms with Crippen LogP contribution in [0.3, 0.4) is 0 Å². The van der Waals surface area contributed by atoms with E-state index in [2.05, 4.69) is 33.0 Å². The first-order valence-electron chi connectivity index (χ1n) is 9.76. The Bertz CT molecular complexity index is 998. The Hall–Kier alpha value is -2.96. The van der Waals surface area contributed by atoms with Gasteiger partial charge in [-0.15, -0.1) is 0 Å². The number of piperazine rings is 1. The Kier molecular flexibility index (Phi) is 4.98. The number of fused-ring (bicyclic) bond motifs is 1. The van der Waals surface area contributed by atoms with Crippen molar-refractivity contribution in [3.05, 3.63) is 47.5 Å². The van der Waals surface area contributed by atoms with E-state index in [9.17, 15) is 4.79 Å². The number of carbonyl (C=O) groups excluding carboxylic acids is 1. The van der Waals surface area contributed by atoms with E-state index in [0.29, 0.717) is 6.42 Å². The third-order valence-electron chi connectivity index (χ3n) is 5.70. The van der Waals surface area contributed by atoms with Crippen LogP contribution in [0.25, 0.3) is 10.9 Å². The smallest absolute Gasteiger partial charge is 0.223 e. The van der Waals surface area contributed by atoms with Gasteiger partial charge in [-0.2, -0.15) is 5.10 Å². The molecule has 1 aliphatic heterocycles. The van der Waals surface area contributed by atoms with Crippen LogP contribution in [0.2, 0.25) is 0 Å². The molecule has 1 fully saturated rings. The van der Waals surface area contributed by atoms with E-state index in [1.54, 1.807) is 6.33 Å². The van der Waals surface area contributed by atoms with Gasteiger partial charge in [-0.25, -0.2) is 9.97 Å². The minimum atomic E-state index is 0.217. The minimum absolute atomic E-state index is 0.217. The van der Waals surface area contributed by atoms with Gasteiger partial charge in [-0.3, -0.25) is 9.48 Å². The van der Waals surface area contributed by atoms with Crippen molar-refractivity contribution in [3.63, 3.8) is 0 Å². The first kappa shape index (κ1) is 18.4. The molecule has 0 radical (unpaired) electrons. The van der Waals surface area contributed by atoms with Gasteiger partial charge in [-0.1, -0.05) is 12.1 Å². The molecule has 7 heteroatoms. The van der Waals surface area contributed by atoms with Crippen LogP contribution < -0.4 is 4.90 Å². The maximum Gasteiger partial charge on any atom is 0.223 e. The fourth-order valence-corrected chi connectivity index (χ4v) is 3.98. The lowest BCUT2D eigenvalue weighted by Gasteiger charge is -2.35. The number of aryl methyl sites for hydroxylation is 2. The molecule has 1 aromatic carbocycles. The summed E-state index contributed by atoms with van der Waals surface area (Å²) in [6.45, 7) is 7.10. The molecular formula is C21H26N6O. The van der Waals surface area contributed by atoms with Gasteiger partial charge in [0, 0.05) is 50.7 Å². The largest absolute Gasteiger partial charge is 0.352 e. The molecule has 0 unspecified atom stereocenters. The molecule has 2 aromatic heterocycles. The average molecular weight is 378 g/mol. The van der Waals surface area contributed by atoms with Crippen molar-refractivity contribution in [2.24, 2.45) is 7.05 Å². The standard InChI is InChI=1S/C21H26N6O/c1-15-17(16(2)25(3)24-15)8-9-20(28)26-10-12-27(13-11-26)21-18-6-4-5-7-19(18)22-14-23-21/h4-7,14H,8-13H2,1-3H3. The molecular weight excluding hydrogens is 352 g/mol.